The summed E-state index contributed by atoms with van der Waals surface area (Å²) in [5.74, 6) is -3.93. The molecule has 4 nitrogen and oxygen atoms in total. The number of nitrogens with zero attached hydrogens (tertiary/aromatic N) is 1. The van der Waals surface area contributed by atoms with Crippen molar-refractivity contribution in [2.24, 2.45) is 5.92 Å². The van der Waals surface area contributed by atoms with Crippen molar-refractivity contribution in [3.63, 3.8) is 0 Å². The highest BCUT2D eigenvalue weighted by Gasteiger charge is 2.34. The van der Waals surface area contributed by atoms with Gasteiger partial charge in [0.2, 0.25) is 5.91 Å². The Morgan fingerprint density at radius 2 is 2.16 bits per heavy atom. The van der Waals surface area contributed by atoms with E-state index in [1.807, 2.05) is 0 Å². The van der Waals surface area contributed by atoms with Crippen LogP contribution in [0.25, 0.3) is 0 Å². The fourth-order valence-corrected chi connectivity index (χ4v) is 2.31. The van der Waals surface area contributed by atoms with Crippen LogP contribution in [0.1, 0.15) is 16.8 Å². The first-order valence-corrected chi connectivity index (χ1v) is 6.06. The number of carbonyl (C=O) groups is 2. The summed E-state index contributed by atoms with van der Waals surface area (Å²) in [6.45, 7) is 0.130. The first-order valence-electron chi connectivity index (χ1n) is 5.52. The number of benzene rings is 1. The van der Waals surface area contributed by atoms with E-state index in [-0.39, 0.29) is 24.8 Å². The molecule has 1 amide bonds. The number of carboxylic acid groups (broad SMARTS) is 1. The zero-order chi connectivity index (χ0) is 14.2. The van der Waals surface area contributed by atoms with Gasteiger partial charge in [0.25, 0.3) is 0 Å². The fraction of sp³-hybridized carbons (Fsp3) is 0.333. The summed E-state index contributed by atoms with van der Waals surface area (Å²) < 4.78 is 26.9. The Labute approximate surface area is 112 Å². The lowest BCUT2D eigenvalue weighted by atomic mass is 10.1. The highest BCUT2D eigenvalue weighted by molar-refractivity contribution is 6.18. The van der Waals surface area contributed by atoms with Gasteiger partial charge in [-0.3, -0.25) is 4.79 Å². The van der Waals surface area contributed by atoms with Gasteiger partial charge >= 0.3 is 5.97 Å². The Kier molecular flexibility index (Phi) is 3.71. The van der Waals surface area contributed by atoms with Crippen LogP contribution in [0.4, 0.5) is 14.5 Å². The van der Waals surface area contributed by atoms with Crippen LogP contribution in [-0.4, -0.2) is 29.4 Å². The number of carboxylic acids is 1. The smallest absolute Gasteiger partial charge is 0.338 e. The Balaban J connectivity index is 2.50. The standard InChI is InChI=1S/C12H10ClF2NO3/c13-4-6-1-10(17)16(5-6)11-8(12(18)19)2-7(14)3-9(11)15/h2-3,6H,1,4-5H2,(H,18,19). The van der Waals surface area contributed by atoms with E-state index in [1.54, 1.807) is 0 Å². The quantitative estimate of drug-likeness (QED) is 0.868. The summed E-state index contributed by atoms with van der Waals surface area (Å²) in [6.07, 6.45) is 0.124. The lowest BCUT2D eigenvalue weighted by Gasteiger charge is -2.19. The second-order valence-corrected chi connectivity index (χ2v) is 4.63. The van der Waals surface area contributed by atoms with E-state index in [4.69, 9.17) is 16.7 Å². The molecule has 0 aromatic heterocycles. The molecule has 0 radical (unpaired) electrons. The number of carbonyl (C=O) groups excluding carboxylic acids is 1. The summed E-state index contributed by atoms with van der Waals surface area (Å²) in [5.41, 5.74) is -0.965. The Hall–Kier alpha value is -1.69. The average Bonchev–Trinajstić information content (AvgIpc) is 2.69. The van der Waals surface area contributed by atoms with E-state index < -0.39 is 34.8 Å². The minimum Gasteiger partial charge on any atom is -0.478 e. The Morgan fingerprint density at radius 1 is 1.47 bits per heavy atom. The van der Waals surface area contributed by atoms with Crippen molar-refractivity contribution >= 4 is 29.2 Å². The molecule has 1 N–H and O–H groups in total. The summed E-state index contributed by atoms with van der Waals surface area (Å²) in [4.78, 5) is 23.8. The molecule has 1 saturated heterocycles. The molecule has 1 aromatic rings. The lowest BCUT2D eigenvalue weighted by Crippen LogP contribution is -2.28. The van der Waals surface area contributed by atoms with Crippen LogP contribution in [0.15, 0.2) is 12.1 Å². The monoisotopic (exact) mass is 289 g/mol. The minimum atomic E-state index is -1.49. The highest BCUT2D eigenvalue weighted by atomic mass is 35.5. The number of aromatic carboxylic acids is 1. The zero-order valence-corrected chi connectivity index (χ0v) is 10.5. The third kappa shape index (κ3) is 2.53. The van der Waals surface area contributed by atoms with E-state index in [2.05, 4.69) is 0 Å². The molecule has 102 valence electrons. The molecule has 1 heterocycles. The molecule has 1 fully saturated rings. The SMILES string of the molecule is O=C(O)c1cc(F)cc(F)c1N1CC(CCl)CC1=O. The normalized spacial score (nSPS) is 19.0. The molecule has 2 rings (SSSR count). The molecule has 0 spiro atoms. The van der Waals surface area contributed by atoms with Crippen molar-refractivity contribution in [2.45, 2.75) is 6.42 Å². The third-order valence-corrected chi connectivity index (χ3v) is 3.39. The van der Waals surface area contributed by atoms with Crippen LogP contribution in [0.2, 0.25) is 0 Å². The fourth-order valence-electron chi connectivity index (χ4n) is 2.10. The van der Waals surface area contributed by atoms with Crippen molar-refractivity contribution in [2.75, 3.05) is 17.3 Å². The van der Waals surface area contributed by atoms with E-state index in [1.165, 1.54) is 0 Å². The molecular weight excluding hydrogens is 280 g/mol. The molecular formula is C12H10ClF2NO3. The molecule has 1 aliphatic rings. The number of anilines is 1. The van der Waals surface area contributed by atoms with Crippen LogP contribution in [0, 0.1) is 17.6 Å². The van der Waals surface area contributed by atoms with Gasteiger partial charge in [0.15, 0.2) is 5.82 Å². The summed E-state index contributed by atoms with van der Waals surface area (Å²) >= 11 is 5.64. The molecule has 0 bridgehead atoms. The van der Waals surface area contributed by atoms with E-state index in [0.717, 1.165) is 4.90 Å². The second kappa shape index (κ2) is 5.13. The van der Waals surface area contributed by atoms with Crippen LogP contribution >= 0.6 is 11.6 Å². The topological polar surface area (TPSA) is 57.6 Å². The molecule has 1 aromatic carbocycles. The van der Waals surface area contributed by atoms with Crippen molar-refractivity contribution in [1.82, 2.24) is 0 Å². The van der Waals surface area contributed by atoms with Gasteiger partial charge in [-0.2, -0.15) is 0 Å². The molecule has 0 aliphatic carbocycles. The molecule has 0 saturated carbocycles. The number of rotatable bonds is 3. The maximum atomic E-state index is 13.8. The van der Waals surface area contributed by atoms with Crippen molar-refractivity contribution in [3.05, 3.63) is 29.3 Å². The van der Waals surface area contributed by atoms with Crippen molar-refractivity contribution < 1.29 is 23.5 Å². The second-order valence-electron chi connectivity index (χ2n) is 4.32. The number of hydrogen-bond donors (Lipinski definition) is 1. The Morgan fingerprint density at radius 3 is 2.68 bits per heavy atom. The Bertz CT molecular complexity index is 550. The van der Waals surface area contributed by atoms with Crippen LogP contribution < -0.4 is 4.90 Å². The van der Waals surface area contributed by atoms with Gasteiger partial charge < -0.3 is 10.0 Å². The van der Waals surface area contributed by atoms with Crippen LogP contribution in [0.5, 0.6) is 0 Å². The predicted octanol–water partition coefficient (Wildman–Crippen LogP) is 2.25. The van der Waals surface area contributed by atoms with Crippen molar-refractivity contribution in [1.29, 1.82) is 0 Å². The number of halogens is 3. The number of alkyl halides is 1. The molecule has 7 heteroatoms. The number of amides is 1. The molecule has 1 aliphatic heterocycles. The van der Waals surface area contributed by atoms with E-state index in [9.17, 15) is 18.4 Å². The summed E-state index contributed by atoms with van der Waals surface area (Å²) in [6, 6.07) is 1.26. The van der Waals surface area contributed by atoms with Gasteiger partial charge in [-0.05, 0) is 12.0 Å². The van der Waals surface area contributed by atoms with Gasteiger partial charge in [0, 0.05) is 24.9 Å². The molecule has 1 unspecified atom stereocenters. The third-order valence-electron chi connectivity index (χ3n) is 2.95. The lowest BCUT2D eigenvalue weighted by molar-refractivity contribution is -0.117. The van der Waals surface area contributed by atoms with Crippen molar-refractivity contribution in [3.8, 4) is 0 Å². The average molecular weight is 290 g/mol. The predicted molar refractivity (Wildman–Crippen MR) is 64.5 cm³/mol. The summed E-state index contributed by atoms with van der Waals surface area (Å²) in [7, 11) is 0. The highest BCUT2D eigenvalue weighted by Crippen LogP contribution is 2.31. The van der Waals surface area contributed by atoms with E-state index >= 15 is 0 Å². The van der Waals surface area contributed by atoms with E-state index in [0.29, 0.717) is 12.1 Å². The van der Waals surface area contributed by atoms with Gasteiger partial charge in [0.05, 0.1) is 11.3 Å². The molecule has 19 heavy (non-hydrogen) atoms. The van der Waals surface area contributed by atoms with Gasteiger partial charge in [-0.15, -0.1) is 11.6 Å². The van der Waals surface area contributed by atoms with Gasteiger partial charge in [0.1, 0.15) is 5.82 Å². The van der Waals surface area contributed by atoms with Gasteiger partial charge in [-0.25, -0.2) is 13.6 Å². The number of hydrogen-bond acceptors (Lipinski definition) is 2. The maximum absolute atomic E-state index is 13.8. The van der Waals surface area contributed by atoms with Crippen LogP contribution in [-0.2, 0) is 4.79 Å². The first kappa shape index (κ1) is 13.7. The minimum absolute atomic E-state index is 0.124. The zero-order valence-electron chi connectivity index (χ0n) is 9.70. The van der Waals surface area contributed by atoms with Crippen LogP contribution in [0.3, 0.4) is 0 Å². The van der Waals surface area contributed by atoms with Gasteiger partial charge in [-0.1, -0.05) is 0 Å². The maximum Gasteiger partial charge on any atom is 0.338 e. The molecule has 1 atom stereocenters. The first-order chi connectivity index (χ1) is 8.93. The largest absolute Gasteiger partial charge is 0.478 e. The summed E-state index contributed by atoms with van der Waals surface area (Å²) in [5, 5.41) is 8.99.